The van der Waals surface area contributed by atoms with E-state index in [9.17, 15) is 28.1 Å². The molecule has 4 rings (SSSR count). The zero-order chi connectivity index (χ0) is 24.3. The molecule has 1 saturated heterocycles. The van der Waals surface area contributed by atoms with Gasteiger partial charge in [0.05, 0.1) is 22.4 Å². The number of hydrogen-bond donors (Lipinski definition) is 0. The van der Waals surface area contributed by atoms with Crippen molar-refractivity contribution in [3.05, 3.63) is 82.2 Å². The highest BCUT2D eigenvalue weighted by Gasteiger charge is 2.34. The van der Waals surface area contributed by atoms with Crippen molar-refractivity contribution in [3.63, 3.8) is 0 Å². The smallest absolute Gasteiger partial charge is 0.362 e. The number of alkyl halides is 3. The molecule has 34 heavy (non-hydrogen) atoms. The average Bonchev–Trinajstić information content (AvgIpc) is 3.31. The summed E-state index contributed by atoms with van der Waals surface area (Å²) < 4.78 is 40.6. The van der Waals surface area contributed by atoms with Crippen LogP contribution in [0.5, 0.6) is 0 Å². The Bertz CT molecular complexity index is 1170. The predicted molar refractivity (Wildman–Crippen MR) is 119 cm³/mol. The van der Waals surface area contributed by atoms with Gasteiger partial charge in [0, 0.05) is 44.9 Å². The molecule has 1 amide bonds. The van der Waals surface area contributed by atoms with E-state index in [4.69, 9.17) is 0 Å². The topological polar surface area (TPSA) is 84.5 Å². The Morgan fingerprint density at radius 3 is 2.41 bits per heavy atom. The van der Waals surface area contributed by atoms with Crippen LogP contribution in [0.15, 0.2) is 60.9 Å². The maximum atomic E-state index is 12.9. The van der Waals surface area contributed by atoms with E-state index >= 15 is 0 Å². The van der Waals surface area contributed by atoms with Crippen LogP contribution in [0.1, 0.15) is 17.5 Å². The van der Waals surface area contributed by atoms with Gasteiger partial charge in [0.2, 0.25) is 5.91 Å². The number of amides is 1. The van der Waals surface area contributed by atoms with Crippen LogP contribution in [-0.4, -0.2) is 51.7 Å². The molecule has 0 radical (unpaired) electrons. The molecule has 0 bridgehead atoms. The number of piperazine rings is 1. The summed E-state index contributed by atoms with van der Waals surface area (Å²) in [6.45, 7) is 1.26. The van der Waals surface area contributed by atoms with Gasteiger partial charge in [0.1, 0.15) is 5.69 Å². The standard InChI is InChI=1S/C23H22F3N5O3/c24-23(25,26)18-7-8-20(21(14-18)31(33)34)28-10-12-29(13-11-28)22(32)9-6-17-15-27-30(16-17)19-4-2-1-3-5-19/h1-5,7-8,14-16H,6,9-13H2. The Hall–Kier alpha value is -3.89. The minimum Gasteiger partial charge on any atom is -0.362 e. The lowest BCUT2D eigenvalue weighted by Gasteiger charge is -2.36. The molecule has 0 N–H and O–H groups in total. The second-order valence-electron chi connectivity index (χ2n) is 7.95. The highest BCUT2D eigenvalue weighted by Crippen LogP contribution is 2.36. The van der Waals surface area contributed by atoms with Crippen molar-refractivity contribution in [2.24, 2.45) is 0 Å². The lowest BCUT2D eigenvalue weighted by molar-refractivity contribution is -0.384. The fourth-order valence-electron chi connectivity index (χ4n) is 3.93. The minimum atomic E-state index is -4.66. The van der Waals surface area contributed by atoms with Crippen LogP contribution in [0.25, 0.3) is 5.69 Å². The second-order valence-corrected chi connectivity index (χ2v) is 7.95. The van der Waals surface area contributed by atoms with Gasteiger partial charge >= 0.3 is 6.18 Å². The fraction of sp³-hybridized carbons (Fsp3) is 0.304. The Morgan fingerprint density at radius 1 is 1.06 bits per heavy atom. The van der Waals surface area contributed by atoms with Crippen LogP contribution >= 0.6 is 0 Å². The summed E-state index contributed by atoms with van der Waals surface area (Å²) in [5.74, 6) is -0.0472. The van der Waals surface area contributed by atoms with E-state index in [0.717, 1.165) is 23.4 Å². The van der Waals surface area contributed by atoms with Gasteiger partial charge in [-0.05, 0) is 36.2 Å². The van der Waals surface area contributed by atoms with Gasteiger partial charge in [-0.3, -0.25) is 14.9 Å². The van der Waals surface area contributed by atoms with Gasteiger partial charge < -0.3 is 9.80 Å². The van der Waals surface area contributed by atoms with Crippen molar-refractivity contribution >= 4 is 17.3 Å². The van der Waals surface area contributed by atoms with E-state index in [1.807, 2.05) is 36.5 Å². The fourth-order valence-corrected chi connectivity index (χ4v) is 3.93. The summed E-state index contributed by atoms with van der Waals surface area (Å²) in [6.07, 6.45) is -0.241. The maximum absolute atomic E-state index is 12.9. The van der Waals surface area contributed by atoms with Gasteiger partial charge in [-0.2, -0.15) is 18.3 Å². The molecular formula is C23H22F3N5O3. The Labute approximate surface area is 193 Å². The molecule has 1 aromatic heterocycles. The number of carbonyl (C=O) groups is 1. The number of carbonyl (C=O) groups excluding carboxylic acids is 1. The molecule has 3 aromatic rings. The third kappa shape index (κ3) is 5.19. The van der Waals surface area contributed by atoms with Gasteiger partial charge in [0.15, 0.2) is 0 Å². The SMILES string of the molecule is O=C(CCc1cnn(-c2ccccc2)c1)N1CCN(c2ccc(C(F)(F)F)cc2[N+](=O)[O-])CC1. The molecule has 0 atom stereocenters. The quantitative estimate of drug-likeness (QED) is 0.398. The van der Waals surface area contributed by atoms with E-state index in [-0.39, 0.29) is 11.6 Å². The van der Waals surface area contributed by atoms with Crippen molar-refractivity contribution in [1.82, 2.24) is 14.7 Å². The van der Waals surface area contributed by atoms with E-state index in [0.29, 0.717) is 45.1 Å². The number of nitro groups is 1. The third-order valence-electron chi connectivity index (χ3n) is 5.76. The number of aryl methyl sites for hydroxylation is 1. The number of para-hydroxylation sites is 1. The number of anilines is 1. The summed E-state index contributed by atoms with van der Waals surface area (Å²) >= 11 is 0. The first-order valence-electron chi connectivity index (χ1n) is 10.7. The van der Waals surface area contributed by atoms with E-state index in [2.05, 4.69) is 5.10 Å². The van der Waals surface area contributed by atoms with Crippen LogP contribution < -0.4 is 4.90 Å². The third-order valence-corrected chi connectivity index (χ3v) is 5.76. The molecule has 2 aromatic carbocycles. The lowest BCUT2D eigenvalue weighted by atomic mass is 10.1. The first kappa shape index (κ1) is 23.3. The minimum absolute atomic E-state index is 0.0472. The van der Waals surface area contributed by atoms with Crippen molar-refractivity contribution in [1.29, 1.82) is 0 Å². The van der Waals surface area contributed by atoms with Crippen molar-refractivity contribution < 1.29 is 22.9 Å². The van der Waals surface area contributed by atoms with Gasteiger partial charge in [0.25, 0.3) is 5.69 Å². The Morgan fingerprint density at radius 2 is 1.76 bits per heavy atom. The number of hydrogen-bond acceptors (Lipinski definition) is 5. The van der Waals surface area contributed by atoms with Crippen LogP contribution in [-0.2, 0) is 17.4 Å². The molecule has 0 saturated carbocycles. The predicted octanol–water partition coefficient (Wildman–Crippen LogP) is 4.08. The van der Waals surface area contributed by atoms with Crippen molar-refractivity contribution in [2.75, 3.05) is 31.1 Å². The molecule has 1 fully saturated rings. The van der Waals surface area contributed by atoms with E-state index in [1.165, 1.54) is 0 Å². The first-order valence-corrected chi connectivity index (χ1v) is 10.7. The number of nitrogens with zero attached hydrogens (tertiary/aromatic N) is 5. The number of rotatable bonds is 6. The molecule has 1 aliphatic rings. The largest absolute Gasteiger partial charge is 0.416 e. The van der Waals surface area contributed by atoms with Gasteiger partial charge in [-0.15, -0.1) is 0 Å². The van der Waals surface area contributed by atoms with Crippen molar-refractivity contribution in [2.45, 2.75) is 19.0 Å². The Balaban J connectivity index is 1.34. The number of halogens is 3. The summed E-state index contributed by atoms with van der Waals surface area (Å²) in [4.78, 5) is 26.5. The number of nitro benzene ring substituents is 1. The zero-order valence-corrected chi connectivity index (χ0v) is 18.1. The molecule has 0 unspecified atom stereocenters. The average molecular weight is 473 g/mol. The molecule has 1 aliphatic heterocycles. The summed E-state index contributed by atoms with van der Waals surface area (Å²) in [5, 5.41) is 15.7. The number of aromatic nitrogens is 2. The van der Waals surface area contributed by atoms with Crippen LogP contribution in [0.3, 0.4) is 0 Å². The van der Waals surface area contributed by atoms with Gasteiger partial charge in [-0.25, -0.2) is 4.68 Å². The highest BCUT2D eigenvalue weighted by atomic mass is 19.4. The molecule has 0 spiro atoms. The maximum Gasteiger partial charge on any atom is 0.416 e. The monoisotopic (exact) mass is 473 g/mol. The van der Waals surface area contributed by atoms with Crippen LogP contribution in [0.2, 0.25) is 0 Å². The molecule has 8 nitrogen and oxygen atoms in total. The van der Waals surface area contributed by atoms with Crippen LogP contribution in [0.4, 0.5) is 24.5 Å². The zero-order valence-electron chi connectivity index (χ0n) is 18.1. The molecule has 178 valence electrons. The number of benzene rings is 2. The highest BCUT2D eigenvalue weighted by molar-refractivity contribution is 5.77. The summed E-state index contributed by atoms with van der Waals surface area (Å²) in [6, 6.07) is 12.1. The van der Waals surface area contributed by atoms with E-state index in [1.54, 1.807) is 20.7 Å². The normalized spacial score (nSPS) is 14.3. The lowest BCUT2D eigenvalue weighted by Crippen LogP contribution is -2.49. The van der Waals surface area contributed by atoms with E-state index < -0.39 is 22.4 Å². The molecule has 2 heterocycles. The Kier molecular flexibility index (Phi) is 6.53. The summed E-state index contributed by atoms with van der Waals surface area (Å²) in [5.41, 5.74) is 0.320. The molecule has 11 heteroatoms. The molecule has 0 aliphatic carbocycles. The van der Waals surface area contributed by atoms with Gasteiger partial charge in [-0.1, -0.05) is 18.2 Å². The first-order chi connectivity index (χ1) is 16.2. The van der Waals surface area contributed by atoms with Crippen LogP contribution in [0, 0.1) is 10.1 Å². The summed E-state index contributed by atoms with van der Waals surface area (Å²) in [7, 11) is 0. The molecular weight excluding hydrogens is 451 g/mol. The second kappa shape index (κ2) is 9.54. The van der Waals surface area contributed by atoms with Crippen molar-refractivity contribution in [3.8, 4) is 5.69 Å².